The van der Waals surface area contributed by atoms with Crippen molar-refractivity contribution in [2.75, 3.05) is 11.1 Å². The van der Waals surface area contributed by atoms with Crippen molar-refractivity contribution >= 4 is 29.0 Å². The number of hydrogen-bond acceptors (Lipinski definition) is 4. The zero-order chi connectivity index (χ0) is 13.1. The second kappa shape index (κ2) is 5.01. The van der Waals surface area contributed by atoms with Crippen LogP contribution in [-0.2, 0) is 0 Å². The highest BCUT2D eigenvalue weighted by atomic mass is 35.5. The fourth-order valence-corrected chi connectivity index (χ4v) is 1.62. The highest BCUT2D eigenvalue weighted by Crippen LogP contribution is 2.15. The van der Waals surface area contributed by atoms with Crippen LogP contribution in [0.3, 0.4) is 0 Å². The Bertz CT molecular complexity index is 600. The van der Waals surface area contributed by atoms with E-state index >= 15 is 0 Å². The number of anilines is 2. The van der Waals surface area contributed by atoms with Crippen LogP contribution in [0.2, 0.25) is 5.15 Å². The highest BCUT2D eigenvalue weighted by Gasteiger charge is 2.10. The highest BCUT2D eigenvalue weighted by molar-refractivity contribution is 6.29. The molecule has 0 aliphatic carbocycles. The molecule has 3 N–H and O–H groups in total. The Morgan fingerprint density at radius 3 is 2.83 bits per heavy atom. The van der Waals surface area contributed by atoms with E-state index < -0.39 is 0 Å². The molecule has 1 heterocycles. The zero-order valence-corrected chi connectivity index (χ0v) is 10.4. The van der Waals surface area contributed by atoms with Crippen LogP contribution in [0.1, 0.15) is 15.9 Å². The van der Waals surface area contributed by atoms with E-state index in [-0.39, 0.29) is 11.1 Å². The van der Waals surface area contributed by atoms with Crippen molar-refractivity contribution in [1.29, 1.82) is 0 Å². The molecule has 0 saturated heterocycles. The van der Waals surface area contributed by atoms with Crippen molar-refractivity contribution in [3.63, 3.8) is 0 Å². The minimum absolute atomic E-state index is 0.268. The molecule has 92 valence electrons. The smallest absolute Gasteiger partial charge is 0.257 e. The fraction of sp³-hybridized carbons (Fsp3) is 0.0833. The Hall–Kier alpha value is -2.14. The molecule has 0 spiro atoms. The molecule has 0 bridgehead atoms. The summed E-state index contributed by atoms with van der Waals surface area (Å²) in [6.45, 7) is 1.83. The quantitative estimate of drug-likeness (QED) is 0.643. The molecule has 0 aliphatic rings. The summed E-state index contributed by atoms with van der Waals surface area (Å²) < 4.78 is 0. The number of benzene rings is 1. The van der Waals surface area contributed by atoms with Crippen molar-refractivity contribution in [2.45, 2.75) is 6.92 Å². The number of rotatable bonds is 2. The monoisotopic (exact) mass is 262 g/mol. The van der Waals surface area contributed by atoms with E-state index in [0.29, 0.717) is 17.1 Å². The van der Waals surface area contributed by atoms with Crippen LogP contribution < -0.4 is 11.1 Å². The van der Waals surface area contributed by atoms with Gasteiger partial charge in [0.25, 0.3) is 5.91 Å². The van der Waals surface area contributed by atoms with Gasteiger partial charge in [0.1, 0.15) is 17.3 Å². The van der Waals surface area contributed by atoms with E-state index in [1.807, 2.05) is 6.92 Å². The third-order valence-electron chi connectivity index (χ3n) is 2.38. The molecule has 5 nitrogen and oxygen atoms in total. The van der Waals surface area contributed by atoms with Crippen LogP contribution in [0.5, 0.6) is 0 Å². The van der Waals surface area contributed by atoms with E-state index in [0.717, 1.165) is 5.56 Å². The molecule has 0 unspecified atom stereocenters. The molecule has 0 aliphatic heterocycles. The maximum atomic E-state index is 12.0. The Morgan fingerprint density at radius 1 is 1.33 bits per heavy atom. The summed E-state index contributed by atoms with van der Waals surface area (Å²) in [6.07, 6.45) is 1.28. The number of hydrogen-bond donors (Lipinski definition) is 2. The molecule has 0 fully saturated rings. The van der Waals surface area contributed by atoms with Crippen LogP contribution >= 0.6 is 11.6 Å². The van der Waals surface area contributed by atoms with Crippen LogP contribution in [0.25, 0.3) is 0 Å². The Kier molecular flexibility index (Phi) is 3.43. The summed E-state index contributed by atoms with van der Waals surface area (Å²) in [7, 11) is 0. The molecule has 0 radical (unpaired) electrons. The van der Waals surface area contributed by atoms with Crippen LogP contribution in [0.4, 0.5) is 11.5 Å². The maximum absolute atomic E-state index is 12.0. The first-order chi connectivity index (χ1) is 8.56. The molecule has 2 rings (SSSR count). The largest absolute Gasteiger partial charge is 0.399 e. The van der Waals surface area contributed by atoms with Crippen molar-refractivity contribution in [2.24, 2.45) is 0 Å². The van der Waals surface area contributed by atoms with E-state index in [1.165, 1.54) is 12.4 Å². The average molecular weight is 263 g/mol. The summed E-state index contributed by atoms with van der Waals surface area (Å²) in [5, 5.41) is 2.91. The number of nitrogens with one attached hydrogen (secondary N) is 1. The topological polar surface area (TPSA) is 80.9 Å². The van der Waals surface area contributed by atoms with Gasteiger partial charge in [-0.3, -0.25) is 4.79 Å². The van der Waals surface area contributed by atoms with Gasteiger partial charge in [-0.1, -0.05) is 17.7 Å². The molecule has 0 saturated carbocycles. The van der Waals surface area contributed by atoms with E-state index in [2.05, 4.69) is 15.3 Å². The third kappa shape index (κ3) is 2.75. The van der Waals surface area contributed by atoms with Gasteiger partial charge in [-0.15, -0.1) is 0 Å². The number of nitrogens with zero attached hydrogens (tertiary/aromatic N) is 2. The summed E-state index contributed by atoms with van der Waals surface area (Å²) in [5.41, 5.74) is 7.53. The number of aryl methyl sites for hydroxylation is 1. The van der Waals surface area contributed by atoms with Gasteiger partial charge in [0.15, 0.2) is 0 Å². The van der Waals surface area contributed by atoms with Crippen molar-refractivity contribution in [1.82, 2.24) is 9.97 Å². The van der Waals surface area contributed by atoms with Gasteiger partial charge in [0.2, 0.25) is 0 Å². The Balaban J connectivity index is 2.24. The summed E-state index contributed by atoms with van der Waals surface area (Å²) in [6, 6.07) is 6.62. The Morgan fingerprint density at radius 2 is 2.11 bits per heavy atom. The van der Waals surface area contributed by atoms with Gasteiger partial charge >= 0.3 is 0 Å². The number of carbonyl (C=O) groups excluding carboxylic acids is 1. The molecule has 1 amide bonds. The molecule has 0 atom stereocenters. The number of halogens is 1. The molecule has 6 heteroatoms. The first kappa shape index (κ1) is 12.3. The second-order valence-electron chi connectivity index (χ2n) is 3.75. The summed E-state index contributed by atoms with van der Waals surface area (Å²) in [5.74, 6) is 0.0661. The van der Waals surface area contributed by atoms with E-state index in [4.69, 9.17) is 17.3 Å². The maximum Gasteiger partial charge on any atom is 0.257 e. The lowest BCUT2D eigenvalue weighted by Gasteiger charge is -2.07. The average Bonchev–Trinajstić information content (AvgIpc) is 2.32. The SMILES string of the molecule is Cc1ccc(N)cc1C(=O)Nc1cc(Cl)ncn1. The first-order valence-corrected chi connectivity index (χ1v) is 5.59. The van der Waals surface area contributed by atoms with Gasteiger partial charge in [0.05, 0.1) is 0 Å². The minimum atomic E-state index is -0.283. The van der Waals surface area contributed by atoms with Gasteiger partial charge < -0.3 is 11.1 Å². The van der Waals surface area contributed by atoms with E-state index in [9.17, 15) is 4.79 Å². The normalized spacial score (nSPS) is 10.1. The number of nitrogen functional groups attached to an aromatic ring is 1. The number of amides is 1. The van der Waals surface area contributed by atoms with Crippen molar-refractivity contribution < 1.29 is 4.79 Å². The van der Waals surface area contributed by atoms with Crippen molar-refractivity contribution in [3.05, 3.63) is 46.9 Å². The summed E-state index contributed by atoms with van der Waals surface area (Å²) in [4.78, 5) is 19.7. The van der Waals surface area contributed by atoms with Gasteiger partial charge in [0, 0.05) is 17.3 Å². The van der Waals surface area contributed by atoms with Crippen LogP contribution in [0, 0.1) is 6.92 Å². The Labute approximate surface area is 109 Å². The second-order valence-corrected chi connectivity index (χ2v) is 4.14. The fourth-order valence-electron chi connectivity index (χ4n) is 1.47. The predicted octanol–water partition coefficient (Wildman–Crippen LogP) is 2.27. The lowest BCUT2D eigenvalue weighted by molar-refractivity contribution is 0.102. The lowest BCUT2D eigenvalue weighted by Crippen LogP contribution is -2.14. The minimum Gasteiger partial charge on any atom is -0.399 e. The molecular formula is C12H11ClN4O. The lowest BCUT2D eigenvalue weighted by atomic mass is 10.1. The number of carbonyl (C=O) groups is 1. The molecule has 1 aromatic carbocycles. The van der Waals surface area contributed by atoms with Crippen LogP contribution in [0.15, 0.2) is 30.6 Å². The predicted molar refractivity (Wildman–Crippen MR) is 70.6 cm³/mol. The number of nitrogens with two attached hydrogens (primary N) is 1. The van der Waals surface area contributed by atoms with Crippen molar-refractivity contribution in [3.8, 4) is 0 Å². The summed E-state index contributed by atoms with van der Waals surface area (Å²) >= 11 is 5.71. The molecular weight excluding hydrogens is 252 g/mol. The van der Waals surface area contributed by atoms with E-state index in [1.54, 1.807) is 18.2 Å². The molecule has 2 aromatic rings. The molecule has 1 aromatic heterocycles. The van der Waals surface area contributed by atoms with Gasteiger partial charge in [-0.05, 0) is 24.6 Å². The third-order valence-corrected chi connectivity index (χ3v) is 2.59. The first-order valence-electron chi connectivity index (χ1n) is 5.21. The van der Waals surface area contributed by atoms with Gasteiger partial charge in [-0.25, -0.2) is 9.97 Å². The standard InChI is InChI=1S/C12H11ClN4O/c1-7-2-3-8(14)4-9(7)12(18)17-11-5-10(13)15-6-16-11/h2-6H,14H2,1H3,(H,15,16,17,18). The van der Waals surface area contributed by atoms with Gasteiger partial charge in [-0.2, -0.15) is 0 Å². The zero-order valence-electron chi connectivity index (χ0n) is 9.64. The molecule has 18 heavy (non-hydrogen) atoms. The van der Waals surface area contributed by atoms with Crippen LogP contribution in [-0.4, -0.2) is 15.9 Å². The number of aromatic nitrogens is 2.